The zero-order valence-electron chi connectivity index (χ0n) is 12.9. The predicted molar refractivity (Wildman–Crippen MR) is 82.1 cm³/mol. The van der Waals surface area contributed by atoms with E-state index in [0.29, 0.717) is 11.4 Å². The van der Waals surface area contributed by atoms with E-state index >= 15 is 0 Å². The molecule has 1 fully saturated rings. The van der Waals surface area contributed by atoms with E-state index in [1.165, 1.54) is 4.90 Å². The molecule has 6 nitrogen and oxygen atoms in total. The van der Waals surface area contributed by atoms with Crippen molar-refractivity contribution in [2.24, 2.45) is 0 Å². The lowest BCUT2D eigenvalue weighted by molar-refractivity contribution is -0.902. The van der Waals surface area contributed by atoms with Crippen molar-refractivity contribution in [2.45, 2.75) is 6.92 Å². The first-order chi connectivity index (χ1) is 10.7. The number of nitrogens with one attached hydrogen (secondary N) is 1. The average Bonchev–Trinajstić information content (AvgIpc) is 2.57. The van der Waals surface area contributed by atoms with E-state index in [9.17, 15) is 9.59 Å². The maximum Gasteiger partial charge on any atom is 0.265 e. The molecule has 6 heteroatoms. The van der Waals surface area contributed by atoms with Crippen molar-refractivity contribution < 1.29 is 19.2 Å². The van der Waals surface area contributed by atoms with Gasteiger partial charge in [-0.15, -0.1) is 0 Å². The molecule has 22 heavy (non-hydrogen) atoms. The summed E-state index contributed by atoms with van der Waals surface area (Å²) in [5.41, 5.74) is 0.685. The summed E-state index contributed by atoms with van der Waals surface area (Å²) in [6.45, 7) is 6.85. The van der Waals surface area contributed by atoms with Crippen LogP contribution in [0.1, 0.15) is 6.92 Å². The molecule has 1 aromatic rings. The Balaban J connectivity index is 1.68. The van der Waals surface area contributed by atoms with Crippen LogP contribution < -0.4 is 14.5 Å². The first kappa shape index (κ1) is 14.8. The van der Waals surface area contributed by atoms with Crippen molar-refractivity contribution in [2.75, 3.05) is 50.8 Å². The van der Waals surface area contributed by atoms with Gasteiger partial charge in [-0.1, -0.05) is 12.1 Å². The molecule has 2 aliphatic rings. The minimum absolute atomic E-state index is 0.00193. The van der Waals surface area contributed by atoms with Crippen molar-refractivity contribution in [3.05, 3.63) is 24.3 Å². The summed E-state index contributed by atoms with van der Waals surface area (Å²) < 4.78 is 5.40. The molecule has 3 rings (SSSR count). The fourth-order valence-corrected chi connectivity index (χ4v) is 2.99. The lowest BCUT2D eigenvalue weighted by atomic mass is 10.2. The molecule has 0 radical (unpaired) electrons. The van der Waals surface area contributed by atoms with Crippen LogP contribution >= 0.6 is 0 Å². The number of anilines is 1. The molecular formula is C16H22N3O3+. The second-order valence-electron chi connectivity index (χ2n) is 5.72. The van der Waals surface area contributed by atoms with Crippen molar-refractivity contribution in [1.29, 1.82) is 0 Å². The summed E-state index contributed by atoms with van der Waals surface area (Å²) in [7, 11) is 0. The number of fused-ring (bicyclic) bond motifs is 1. The third kappa shape index (κ3) is 2.92. The van der Waals surface area contributed by atoms with Gasteiger partial charge in [-0.25, -0.2) is 0 Å². The first-order valence-corrected chi connectivity index (χ1v) is 7.82. The van der Waals surface area contributed by atoms with E-state index in [1.54, 1.807) is 4.90 Å². The Bertz CT molecular complexity index is 568. The number of para-hydroxylation sites is 2. The van der Waals surface area contributed by atoms with Gasteiger partial charge in [-0.3, -0.25) is 14.5 Å². The number of carbonyl (C=O) groups is 2. The van der Waals surface area contributed by atoms with Crippen LogP contribution in [0.4, 0.5) is 5.69 Å². The van der Waals surface area contributed by atoms with E-state index in [0.717, 1.165) is 32.7 Å². The second kappa shape index (κ2) is 6.36. The number of piperazine rings is 1. The van der Waals surface area contributed by atoms with Crippen LogP contribution in [-0.4, -0.2) is 62.6 Å². The molecule has 118 valence electrons. The molecule has 1 aromatic carbocycles. The summed E-state index contributed by atoms with van der Waals surface area (Å²) >= 11 is 0. The van der Waals surface area contributed by atoms with Crippen molar-refractivity contribution in [3.63, 3.8) is 0 Å². The zero-order valence-corrected chi connectivity index (χ0v) is 12.9. The third-order valence-corrected chi connectivity index (χ3v) is 4.42. The lowest BCUT2D eigenvalue weighted by Crippen LogP contribution is -3.14. The highest BCUT2D eigenvalue weighted by Gasteiger charge is 2.30. The average molecular weight is 304 g/mol. The standard InChI is InChI=1S/C16H21N3O3/c1-2-17-7-9-18(10-8-17)15(20)11-19-13-5-3-4-6-14(13)22-12-16(19)21/h3-6H,2,7-12H2,1H3/p+1. The molecular weight excluding hydrogens is 282 g/mol. The minimum Gasteiger partial charge on any atom is -0.482 e. The number of rotatable bonds is 3. The van der Waals surface area contributed by atoms with Gasteiger partial charge in [0.05, 0.1) is 38.4 Å². The summed E-state index contributed by atoms with van der Waals surface area (Å²) in [5, 5.41) is 0. The molecule has 0 saturated carbocycles. The summed E-state index contributed by atoms with van der Waals surface area (Å²) in [6.07, 6.45) is 0. The Labute approximate surface area is 130 Å². The van der Waals surface area contributed by atoms with Crippen LogP contribution in [0.15, 0.2) is 24.3 Å². The monoisotopic (exact) mass is 304 g/mol. The number of quaternary nitrogens is 1. The van der Waals surface area contributed by atoms with Gasteiger partial charge in [-0.05, 0) is 19.1 Å². The number of hydrogen-bond acceptors (Lipinski definition) is 3. The first-order valence-electron chi connectivity index (χ1n) is 7.82. The molecule has 0 aromatic heterocycles. The molecule has 0 aliphatic carbocycles. The number of ether oxygens (including phenoxy) is 1. The highest BCUT2D eigenvalue weighted by atomic mass is 16.5. The number of benzene rings is 1. The van der Waals surface area contributed by atoms with Gasteiger partial charge in [0, 0.05) is 0 Å². The smallest absolute Gasteiger partial charge is 0.265 e. The topological polar surface area (TPSA) is 54.3 Å². The van der Waals surface area contributed by atoms with Gasteiger partial charge in [0.2, 0.25) is 5.91 Å². The Morgan fingerprint density at radius 3 is 2.73 bits per heavy atom. The van der Waals surface area contributed by atoms with Crippen molar-refractivity contribution in [3.8, 4) is 5.75 Å². The molecule has 0 bridgehead atoms. The maximum atomic E-state index is 12.5. The van der Waals surface area contributed by atoms with Crippen LogP contribution in [0.5, 0.6) is 5.75 Å². The highest BCUT2D eigenvalue weighted by molar-refractivity contribution is 6.02. The summed E-state index contributed by atoms with van der Waals surface area (Å²) in [5.74, 6) is 0.514. The number of hydrogen-bond donors (Lipinski definition) is 1. The fourth-order valence-electron chi connectivity index (χ4n) is 2.99. The van der Waals surface area contributed by atoms with Crippen molar-refractivity contribution in [1.82, 2.24) is 4.90 Å². The molecule has 2 heterocycles. The van der Waals surface area contributed by atoms with Crippen LogP contribution in [0, 0.1) is 0 Å². The minimum atomic E-state index is -0.162. The van der Waals surface area contributed by atoms with E-state index in [1.807, 2.05) is 29.2 Å². The Morgan fingerprint density at radius 1 is 1.27 bits per heavy atom. The van der Waals surface area contributed by atoms with Crippen LogP contribution in [-0.2, 0) is 9.59 Å². The molecule has 0 atom stereocenters. The molecule has 2 aliphatic heterocycles. The molecule has 2 amide bonds. The predicted octanol–water partition coefficient (Wildman–Crippen LogP) is -0.841. The number of nitrogens with zero attached hydrogens (tertiary/aromatic N) is 2. The van der Waals surface area contributed by atoms with Gasteiger partial charge in [0.25, 0.3) is 5.91 Å². The quantitative estimate of drug-likeness (QED) is 0.792. The lowest BCUT2D eigenvalue weighted by Gasteiger charge is -2.34. The Morgan fingerprint density at radius 2 is 2.00 bits per heavy atom. The van der Waals surface area contributed by atoms with Crippen LogP contribution in [0.3, 0.4) is 0 Å². The fraction of sp³-hybridized carbons (Fsp3) is 0.500. The number of carbonyl (C=O) groups excluding carboxylic acids is 2. The Kier molecular flexibility index (Phi) is 4.29. The van der Waals surface area contributed by atoms with E-state index in [4.69, 9.17) is 4.74 Å². The van der Waals surface area contributed by atoms with Gasteiger partial charge in [-0.2, -0.15) is 0 Å². The number of amides is 2. The third-order valence-electron chi connectivity index (χ3n) is 4.42. The normalized spacial score (nSPS) is 18.9. The van der Waals surface area contributed by atoms with E-state index in [-0.39, 0.29) is 25.0 Å². The highest BCUT2D eigenvalue weighted by Crippen LogP contribution is 2.31. The molecule has 1 N–H and O–H groups in total. The van der Waals surface area contributed by atoms with Gasteiger partial charge < -0.3 is 14.5 Å². The SMILES string of the molecule is CC[NH+]1CCN(C(=O)CN2C(=O)COc3ccccc32)CC1. The Hall–Kier alpha value is -2.08. The molecule has 0 unspecified atom stereocenters. The van der Waals surface area contributed by atoms with Crippen LogP contribution in [0.25, 0.3) is 0 Å². The largest absolute Gasteiger partial charge is 0.482 e. The van der Waals surface area contributed by atoms with Gasteiger partial charge in [0.15, 0.2) is 6.61 Å². The van der Waals surface area contributed by atoms with Gasteiger partial charge >= 0.3 is 0 Å². The van der Waals surface area contributed by atoms with E-state index < -0.39 is 0 Å². The van der Waals surface area contributed by atoms with E-state index in [2.05, 4.69) is 6.92 Å². The summed E-state index contributed by atoms with van der Waals surface area (Å²) in [4.78, 5) is 29.5. The van der Waals surface area contributed by atoms with Crippen LogP contribution in [0.2, 0.25) is 0 Å². The molecule has 1 saturated heterocycles. The zero-order chi connectivity index (χ0) is 15.5. The van der Waals surface area contributed by atoms with Crippen molar-refractivity contribution >= 4 is 17.5 Å². The second-order valence-corrected chi connectivity index (χ2v) is 5.72. The number of likely N-dealkylation sites (N-methyl/N-ethyl adjacent to an activating group) is 1. The maximum absolute atomic E-state index is 12.5. The van der Waals surface area contributed by atoms with Gasteiger partial charge in [0.1, 0.15) is 12.3 Å². The summed E-state index contributed by atoms with van der Waals surface area (Å²) in [6, 6.07) is 7.35. The molecule has 0 spiro atoms.